The molecule has 1 fully saturated rings. The Hall–Kier alpha value is -0.400. The maximum atomic E-state index is 9.62. The summed E-state index contributed by atoms with van der Waals surface area (Å²) in [5.74, 6) is 1.01. The summed E-state index contributed by atoms with van der Waals surface area (Å²) in [7, 11) is 0. The second-order valence-electron chi connectivity index (χ2n) is 2.79. The van der Waals surface area contributed by atoms with E-state index < -0.39 is 0 Å². The van der Waals surface area contributed by atoms with Gasteiger partial charge in [-0.1, -0.05) is 30.9 Å². The topological polar surface area (TPSA) is 29.4 Å². The van der Waals surface area contributed by atoms with Gasteiger partial charge in [0, 0.05) is 0 Å². The van der Waals surface area contributed by atoms with Crippen LogP contribution in [0, 0.1) is 10.8 Å². The van der Waals surface area contributed by atoms with Gasteiger partial charge in [-0.3, -0.25) is 0 Å². The number of unbranched alkanes of at least 4 members (excludes halogenated alkanes) is 1. The molecule has 1 saturated carbocycles. The van der Waals surface area contributed by atoms with Gasteiger partial charge in [0.1, 0.15) is 0 Å². The van der Waals surface area contributed by atoms with E-state index in [2.05, 4.69) is 5.18 Å². The summed E-state index contributed by atoms with van der Waals surface area (Å²) in [6.07, 6.45) is 6.38. The molecule has 0 aromatic rings. The van der Waals surface area contributed by atoms with Crippen molar-refractivity contribution in [3.05, 3.63) is 4.91 Å². The predicted molar refractivity (Wildman–Crippen MR) is 37.2 cm³/mol. The first-order valence-electron chi connectivity index (χ1n) is 3.72. The second-order valence-corrected chi connectivity index (χ2v) is 2.79. The first kappa shape index (κ1) is 6.72. The molecule has 52 valence electrons. The molecule has 1 aliphatic rings. The lowest BCUT2D eigenvalue weighted by Gasteiger charge is -1.91. The second kappa shape index (κ2) is 3.59. The van der Waals surface area contributed by atoms with Gasteiger partial charge in [0.25, 0.3) is 0 Å². The molecule has 0 amide bonds. The van der Waals surface area contributed by atoms with Crippen LogP contribution in [0.5, 0.6) is 0 Å². The zero-order valence-corrected chi connectivity index (χ0v) is 5.68. The lowest BCUT2D eigenvalue weighted by atomic mass is 10.2. The van der Waals surface area contributed by atoms with Crippen LogP contribution in [-0.2, 0) is 0 Å². The Kier molecular flexibility index (Phi) is 2.68. The van der Waals surface area contributed by atoms with Crippen molar-refractivity contribution in [1.82, 2.24) is 0 Å². The largest absolute Gasteiger partial charge is 0.151 e. The van der Waals surface area contributed by atoms with E-state index >= 15 is 0 Å². The maximum Gasteiger partial charge on any atom is 0.0811 e. The van der Waals surface area contributed by atoms with Crippen molar-refractivity contribution in [3.63, 3.8) is 0 Å². The summed E-state index contributed by atoms with van der Waals surface area (Å²) in [6, 6.07) is 0. The van der Waals surface area contributed by atoms with Gasteiger partial charge < -0.3 is 0 Å². The Bertz CT molecular complexity index is 88.9. The van der Waals surface area contributed by atoms with E-state index in [4.69, 9.17) is 0 Å². The predicted octanol–water partition coefficient (Wildman–Crippen LogP) is 2.33. The van der Waals surface area contributed by atoms with Crippen LogP contribution in [0.2, 0.25) is 0 Å². The molecule has 0 radical (unpaired) electrons. The summed E-state index contributed by atoms with van der Waals surface area (Å²) in [5.41, 5.74) is 0. The standard InChI is InChI=1S/C7H13NO/c9-8-6-2-1-3-7-4-5-7/h7H,1-6H2. The van der Waals surface area contributed by atoms with Crippen LogP contribution in [0.3, 0.4) is 0 Å². The average Bonchev–Trinajstić information content (AvgIpc) is 2.63. The number of nitroso groups, excluding NO2 is 1. The van der Waals surface area contributed by atoms with Crippen LogP contribution in [0.25, 0.3) is 0 Å². The van der Waals surface area contributed by atoms with Gasteiger partial charge in [0.2, 0.25) is 0 Å². The van der Waals surface area contributed by atoms with Gasteiger partial charge in [0.15, 0.2) is 0 Å². The molecule has 0 saturated heterocycles. The Labute approximate surface area is 55.6 Å². The summed E-state index contributed by atoms with van der Waals surface area (Å²) in [4.78, 5) is 9.62. The van der Waals surface area contributed by atoms with Crippen molar-refractivity contribution >= 4 is 0 Å². The highest BCUT2D eigenvalue weighted by Crippen LogP contribution is 2.33. The molecule has 0 atom stereocenters. The van der Waals surface area contributed by atoms with Crippen molar-refractivity contribution in [2.24, 2.45) is 11.1 Å². The van der Waals surface area contributed by atoms with Crippen molar-refractivity contribution in [1.29, 1.82) is 0 Å². The van der Waals surface area contributed by atoms with E-state index in [9.17, 15) is 4.91 Å². The van der Waals surface area contributed by atoms with Gasteiger partial charge in [-0.25, -0.2) is 0 Å². The van der Waals surface area contributed by atoms with E-state index in [1.54, 1.807) is 0 Å². The van der Waals surface area contributed by atoms with Gasteiger partial charge in [0.05, 0.1) is 6.54 Å². The fraction of sp³-hybridized carbons (Fsp3) is 1.00. The van der Waals surface area contributed by atoms with E-state index in [1.807, 2.05) is 0 Å². The lowest BCUT2D eigenvalue weighted by molar-refractivity contribution is 0.634. The third-order valence-corrected chi connectivity index (χ3v) is 1.81. The molecule has 0 heterocycles. The third-order valence-electron chi connectivity index (χ3n) is 1.81. The van der Waals surface area contributed by atoms with Gasteiger partial charge in [-0.15, -0.1) is 0 Å². The summed E-state index contributed by atoms with van der Waals surface area (Å²) >= 11 is 0. The van der Waals surface area contributed by atoms with Crippen LogP contribution in [-0.4, -0.2) is 6.54 Å². The molecule has 2 heteroatoms. The molecular formula is C7H13NO. The molecule has 2 nitrogen and oxygen atoms in total. The first-order valence-corrected chi connectivity index (χ1v) is 3.72. The lowest BCUT2D eigenvalue weighted by Crippen LogP contribution is -1.81. The molecule has 0 N–H and O–H groups in total. The van der Waals surface area contributed by atoms with Crippen LogP contribution in [0.15, 0.2) is 5.18 Å². The molecule has 0 aromatic carbocycles. The highest BCUT2D eigenvalue weighted by atomic mass is 16.3. The molecule has 0 spiro atoms. The quantitative estimate of drug-likeness (QED) is 0.411. The van der Waals surface area contributed by atoms with Gasteiger partial charge in [-0.05, 0) is 12.3 Å². The molecular weight excluding hydrogens is 114 g/mol. The molecule has 0 unspecified atom stereocenters. The highest BCUT2D eigenvalue weighted by molar-refractivity contribution is 4.72. The average molecular weight is 127 g/mol. The fourth-order valence-corrected chi connectivity index (χ4v) is 1.02. The Morgan fingerprint density at radius 3 is 2.67 bits per heavy atom. The van der Waals surface area contributed by atoms with Crippen molar-refractivity contribution < 1.29 is 0 Å². The van der Waals surface area contributed by atoms with Crippen molar-refractivity contribution in [2.75, 3.05) is 6.54 Å². The number of rotatable bonds is 5. The molecule has 9 heavy (non-hydrogen) atoms. The number of nitrogens with zero attached hydrogens (tertiary/aromatic N) is 1. The first-order chi connectivity index (χ1) is 4.43. The normalized spacial score (nSPS) is 17.8. The monoisotopic (exact) mass is 127 g/mol. The fourth-order valence-electron chi connectivity index (χ4n) is 1.02. The highest BCUT2D eigenvalue weighted by Gasteiger charge is 2.19. The van der Waals surface area contributed by atoms with Crippen LogP contribution >= 0.6 is 0 Å². The Morgan fingerprint density at radius 1 is 1.33 bits per heavy atom. The Morgan fingerprint density at radius 2 is 2.11 bits per heavy atom. The molecule has 0 aromatic heterocycles. The SMILES string of the molecule is O=NCCCCC1CC1. The minimum absolute atomic E-state index is 0.521. The zero-order valence-electron chi connectivity index (χ0n) is 5.68. The van der Waals surface area contributed by atoms with Gasteiger partial charge >= 0.3 is 0 Å². The van der Waals surface area contributed by atoms with E-state index in [0.29, 0.717) is 6.54 Å². The van der Waals surface area contributed by atoms with Crippen molar-refractivity contribution in [2.45, 2.75) is 32.1 Å². The smallest absolute Gasteiger partial charge is 0.0811 e. The minimum Gasteiger partial charge on any atom is -0.151 e. The molecule has 1 rings (SSSR count). The molecule has 1 aliphatic carbocycles. The maximum absolute atomic E-state index is 9.62. The summed E-state index contributed by atoms with van der Waals surface area (Å²) in [5, 5.41) is 2.80. The summed E-state index contributed by atoms with van der Waals surface area (Å²) in [6.45, 7) is 0.521. The van der Waals surface area contributed by atoms with Crippen LogP contribution < -0.4 is 0 Å². The zero-order chi connectivity index (χ0) is 6.53. The molecule has 0 bridgehead atoms. The van der Waals surface area contributed by atoms with Gasteiger partial charge in [-0.2, -0.15) is 4.91 Å². The third kappa shape index (κ3) is 3.22. The van der Waals surface area contributed by atoms with Crippen molar-refractivity contribution in [3.8, 4) is 0 Å². The Balaban J connectivity index is 1.75. The van der Waals surface area contributed by atoms with Crippen LogP contribution in [0.1, 0.15) is 32.1 Å². The van der Waals surface area contributed by atoms with Crippen LogP contribution in [0.4, 0.5) is 0 Å². The number of hydrogen-bond acceptors (Lipinski definition) is 2. The van der Waals surface area contributed by atoms with E-state index in [-0.39, 0.29) is 0 Å². The summed E-state index contributed by atoms with van der Waals surface area (Å²) < 4.78 is 0. The minimum atomic E-state index is 0.521. The number of hydrogen-bond donors (Lipinski definition) is 0. The molecule has 0 aliphatic heterocycles. The van der Waals surface area contributed by atoms with E-state index in [1.165, 1.54) is 25.7 Å². The van der Waals surface area contributed by atoms with E-state index in [0.717, 1.165) is 12.3 Å².